The maximum atomic E-state index is 12.4. The summed E-state index contributed by atoms with van der Waals surface area (Å²) in [7, 11) is 1.65. The van der Waals surface area contributed by atoms with Crippen molar-refractivity contribution < 1.29 is 14.3 Å². The third-order valence-electron chi connectivity index (χ3n) is 2.98. The molecule has 0 aliphatic rings. The van der Waals surface area contributed by atoms with E-state index in [1.165, 1.54) is 0 Å². The highest BCUT2D eigenvalue weighted by atomic mass is 79.9. The smallest absolute Gasteiger partial charge is 0.261 e. The summed E-state index contributed by atoms with van der Waals surface area (Å²) in [6.07, 6.45) is 2.79. The van der Waals surface area contributed by atoms with Gasteiger partial charge in [-0.3, -0.25) is 10.1 Å². The van der Waals surface area contributed by atoms with Gasteiger partial charge in [0, 0.05) is 24.7 Å². The number of hydrogen-bond acceptors (Lipinski definition) is 4. The molecular formula is C16H23BrN2O3S. The van der Waals surface area contributed by atoms with Gasteiger partial charge in [0.05, 0.1) is 12.2 Å². The minimum atomic E-state index is -0.290. The van der Waals surface area contributed by atoms with Crippen molar-refractivity contribution in [1.29, 1.82) is 0 Å². The van der Waals surface area contributed by atoms with Crippen LogP contribution in [0, 0.1) is 0 Å². The molecule has 0 aromatic heterocycles. The van der Waals surface area contributed by atoms with E-state index in [1.54, 1.807) is 19.2 Å². The number of ether oxygens (including phenoxy) is 2. The maximum Gasteiger partial charge on any atom is 0.261 e. The van der Waals surface area contributed by atoms with E-state index in [-0.39, 0.29) is 5.91 Å². The number of thiocarbonyl (C=S) groups is 1. The first kappa shape index (κ1) is 19.9. The van der Waals surface area contributed by atoms with Gasteiger partial charge in [-0.25, -0.2) is 0 Å². The van der Waals surface area contributed by atoms with Crippen LogP contribution < -0.4 is 15.4 Å². The zero-order valence-corrected chi connectivity index (χ0v) is 15.9. The first-order valence-corrected chi connectivity index (χ1v) is 8.79. The summed E-state index contributed by atoms with van der Waals surface area (Å²) in [5, 5.41) is 5.94. The second-order valence-electron chi connectivity index (χ2n) is 4.90. The highest BCUT2D eigenvalue weighted by Crippen LogP contribution is 2.23. The summed E-state index contributed by atoms with van der Waals surface area (Å²) in [5.41, 5.74) is 0.455. The van der Waals surface area contributed by atoms with Crippen LogP contribution in [0.5, 0.6) is 5.75 Å². The summed E-state index contributed by atoms with van der Waals surface area (Å²) < 4.78 is 11.5. The van der Waals surface area contributed by atoms with Crippen LogP contribution in [0.2, 0.25) is 0 Å². The van der Waals surface area contributed by atoms with E-state index in [1.807, 2.05) is 6.07 Å². The Labute approximate surface area is 151 Å². The predicted molar refractivity (Wildman–Crippen MR) is 99.1 cm³/mol. The van der Waals surface area contributed by atoms with E-state index in [2.05, 4.69) is 33.5 Å². The SMILES string of the molecule is CCCCOc1ccc(Br)cc1C(=O)NC(=S)NCCCOC. The van der Waals surface area contributed by atoms with Crippen LogP contribution in [0.4, 0.5) is 0 Å². The third kappa shape index (κ3) is 7.76. The van der Waals surface area contributed by atoms with E-state index in [0.29, 0.717) is 36.2 Å². The van der Waals surface area contributed by atoms with Crippen LogP contribution >= 0.6 is 28.1 Å². The van der Waals surface area contributed by atoms with Crippen molar-refractivity contribution in [2.45, 2.75) is 26.2 Å². The van der Waals surface area contributed by atoms with Gasteiger partial charge in [-0.2, -0.15) is 0 Å². The lowest BCUT2D eigenvalue weighted by Gasteiger charge is -2.13. The van der Waals surface area contributed by atoms with Crippen LogP contribution in [0.1, 0.15) is 36.5 Å². The molecule has 1 amide bonds. The number of benzene rings is 1. The van der Waals surface area contributed by atoms with Gasteiger partial charge in [-0.05, 0) is 43.3 Å². The normalized spacial score (nSPS) is 10.2. The number of unbranched alkanes of at least 4 members (excludes halogenated alkanes) is 1. The molecule has 128 valence electrons. The quantitative estimate of drug-likeness (QED) is 0.490. The van der Waals surface area contributed by atoms with Crippen LogP contribution in [-0.2, 0) is 4.74 Å². The number of nitrogens with one attached hydrogen (secondary N) is 2. The number of rotatable bonds is 9. The molecule has 1 aromatic carbocycles. The van der Waals surface area contributed by atoms with E-state index in [9.17, 15) is 4.79 Å². The Hall–Kier alpha value is -1.18. The Balaban J connectivity index is 2.62. The highest BCUT2D eigenvalue weighted by molar-refractivity contribution is 9.10. The minimum Gasteiger partial charge on any atom is -0.493 e. The molecule has 1 aromatic rings. The van der Waals surface area contributed by atoms with E-state index < -0.39 is 0 Å². The fourth-order valence-corrected chi connectivity index (χ4v) is 2.32. The topological polar surface area (TPSA) is 59.6 Å². The molecule has 0 aliphatic carbocycles. The van der Waals surface area contributed by atoms with Gasteiger partial charge < -0.3 is 14.8 Å². The van der Waals surface area contributed by atoms with Crippen molar-refractivity contribution in [2.24, 2.45) is 0 Å². The molecule has 0 atom stereocenters. The molecule has 0 aliphatic heterocycles. The second kappa shape index (κ2) is 11.4. The minimum absolute atomic E-state index is 0.290. The highest BCUT2D eigenvalue weighted by Gasteiger charge is 2.14. The molecule has 23 heavy (non-hydrogen) atoms. The zero-order valence-electron chi connectivity index (χ0n) is 13.5. The van der Waals surface area contributed by atoms with Gasteiger partial charge in [0.2, 0.25) is 0 Å². The summed E-state index contributed by atoms with van der Waals surface area (Å²) in [6, 6.07) is 5.35. The fourth-order valence-electron chi connectivity index (χ4n) is 1.77. The van der Waals surface area contributed by atoms with Crippen LogP contribution in [0.25, 0.3) is 0 Å². The molecule has 5 nitrogen and oxygen atoms in total. The van der Waals surface area contributed by atoms with Crippen molar-refractivity contribution in [3.63, 3.8) is 0 Å². The van der Waals surface area contributed by atoms with Crippen molar-refractivity contribution in [3.05, 3.63) is 28.2 Å². The Morgan fingerprint density at radius 2 is 2.09 bits per heavy atom. The van der Waals surface area contributed by atoms with Crippen molar-refractivity contribution in [1.82, 2.24) is 10.6 Å². The summed E-state index contributed by atoms with van der Waals surface area (Å²) in [5.74, 6) is 0.267. The molecule has 1 rings (SSSR count). The Bertz CT molecular complexity index is 526. The van der Waals surface area contributed by atoms with Gasteiger partial charge in [0.1, 0.15) is 5.75 Å². The number of halogens is 1. The van der Waals surface area contributed by atoms with Crippen molar-refractivity contribution in [3.8, 4) is 5.75 Å². The van der Waals surface area contributed by atoms with Crippen molar-refractivity contribution >= 4 is 39.2 Å². The molecule has 0 fully saturated rings. The molecule has 2 N–H and O–H groups in total. The molecule has 0 saturated heterocycles. The lowest BCUT2D eigenvalue weighted by Crippen LogP contribution is -2.40. The molecule has 0 heterocycles. The number of methoxy groups -OCH3 is 1. The third-order valence-corrected chi connectivity index (χ3v) is 3.72. The molecule has 0 radical (unpaired) electrons. The number of hydrogen-bond donors (Lipinski definition) is 2. The Morgan fingerprint density at radius 1 is 1.30 bits per heavy atom. The van der Waals surface area contributed by atoms with Gasteiger partial charge in [0.15, 0.2) is 5.11 Å². The summed E-state index contributed by atoms with van der Waals surface area (Å²) >= 11 is 8.50. The first-order chi connectivity index (χ1) is 11.1. The first-order valence-electron chi connectivity index (χ1n) is 7.59. The zero-order chi connectivity index (χ0) is 17.1. The Kier molecular flexibility index (Phi) is 9.82. The second-order valence-corrected chi connectivity index (χ2v) is 6.22. The average Bonchev–Trinajstić information content (AvgIpc) is 2.53. The summed E-state index contributed by atoms with van der Waals surface area (Å²) in [4.78, 5) is 12.4. The molecule has 7 heteroatoms. The van der Waals surface area contributed by atoms with Gasteiger partial charge in [-0.15, -0.1) is 0 Å². The van der Waals surface area contributed by atoms with E-state index >= 15 is 0 Å². The van der Waals surface area contributed by atoms with Crippen LogP contribution in [-0.4, -0.2) is 37.9 Å². The molecule has 0 saturated carbocycles. The lowest BCUT2D eigenvalue weighted by atomic mass is 10.2. The van der Waals surface area contributed by atoms with Gasteiger partial charge in [-0.1, -0.05) is 29.3 Å². The van der Waals surface area contributed by atoms with E-state index in [0.717, 1.165) is 23.7 Å². The Morgan fingerprint density at radius 3 is 2.78 bits per heavy atom. The molecular weight excluding hydrogens is 380 g/mol. The number of amides is 1. The van der Waals surface area contributed by atoms with Crippen molar-refractivity contribution in [2.75, 3.05) is 26.9 Å². The molecule has 0 spiro atoms. The standard InChI is InChI=1S/C16H23BrN2O3S/c1-3-4-10-22-14-7-6-12(17)11-13(14)15(20)19-16(23)18-8-5-9-21-2/h6-7,11H,3-5,8-10H2,1-2H3,(H2,18,19,20,23). The largest absolute Gasteiger partial charge is 0.493 e. The predicted octanol–water partition coefficient (Wildman–Crippen LogP) is 3.27. The number of carbonyl (C=O) groups excluding carboxylic acids is 1. The van der Waals surface area contributed by atoms with E-state index in [4.69, 9.17) is 21.7 Å². The van der Waals surface area contributed by atoms with Gasteiger partial charge >= 0.3 is 0 Å². The fraction of sp³-hybridized carbons (Fsp3) is 0.500. The number of carbonyl (C=O) groups is 1. The summed E-state index contributed by atoms with van der Waals surface area (Å²) in [6.45, 7) is 3.96. The molecule has 0 unspecified atom stereocenters. The van der Waals surface area contributed by atoms with Crippen LogP contribution in [0.15, 0.2) is 22.7 Å². The average molecular weight is 403 g/mol. The maximum absolute atomic E-state index is 12.4. The monoisotopic (exact) mass is 402 g/mol. The van der Waals surface area contributed by atoms with Crippen LogP contribution in [0.3, 0.4) is 0 Å². The van der Waals surface area contributed by atoms with Gasteiger partial charge in [0.25, 0.3) is 5.91 Å². The lowest BCUT2D eigenvalue weighted by molar-refractivity contribution is 0.0972. The molecule has 0 bridgehead atoms.